The van der Waals surface area contributed by atoms with Gasteiger partial charge in [-0.2, -0.15) is 0 Å². The van der Waals surface area contributed by atoms with E-state index in [9.17, 15) is 0 Å². The highest BCUT2D eigenvalue weighted by molar-refractivity contribution is 4.80. The van der Waals surface area contributed by atoms with Crippen LogP contribution in [0, 0.1) is 5.92 Å². The minimum absolute atomic E-state index is 0.250. The molecular weight excluding hydrogens is 150 g/mol. The molecule has 0 aromatic heterocycles. The first-order chi connectivity index (χ1) is 5.79. The molecule has 1 rings (SSSR count). The van der Waals surface area contributed by atoms with Gasteiger partial charge in [0.2, 0.25) is 0 Å². The van der Waals surface area contributed by atoms with E-state index in [0.29, 0.717) is 0 Å². The monoisotopic (exact) mass is 173 g/mol. The average molecular weight is 173 g/mol. The molecule has 0 aromatic rings. The normalized spacial score (nSPS) is 28.0. The van der Waals surface area contributed by atoms with E-state index in [2.05, 4.69) is 19.3 Å². The van der Waals surface area contributed by atoms with Crippen LogP contribution in [0.15, 0.2) is 0 Å². The lowest BCUT2D eigenvalue weighted by Gasteiger charge is -2.15. The van der Waals surface area contributed by atoms with Crippen LogP contribution in [0.2, 0.25) is 0 Å². The van der Waals surface area contributed by atoms with Crippen LogP contribution in [0.5, 0.6) is 0 Å². The zero-order chi connectivity index (χ0) is 9.40. The minimum Gasteiger partial charge on any atom is -0.397 e. The molecule has 2 nitrogen and oxygen atoms in total. The Morgan fingerprint density at radius 2 is 1.92 bits per heavy atom. The lowest BCUT2D eigenvalue weighted by atomic mass is 10.0. The molecule has 0 aliphatic heterocycles. The molecule has 12 heavy (non-hydrogen) atoms. The summed E-state index contributed by atoms with van der Waals surface area (Å²) in [5, 5.41) is 10.9. The largest absolute Gasteiger partial charge is 0.397 e. The first kappa shape index (κ1) is 11.9. The van der Waals surface area contributed by atoms with Crippen molar-refractivity contribution in [2.45, 2.75) is 45.6 Å². The molecule has 2 unspecified atom stereocenters. The summed E-state index contributed by atoms with van der Waals surface area (Å²) in [4.78, 5) is 0. The molecule has 0 saturated heterocycles. The van der Waals surface area contributed by atoms with Gasteiger partial charge in [0.05, 0.1) is 0 Å². The summed E-state index contributed by atoms with van der Waals surface area (Å²) in [6.45, 7) is 4.22. The molecule has 2 N–H and O–H groups in total. The van der Waals surface area contributed by atoms with Crippen LogP contribution in [0.3, 0.4) is 0 Å². The Morgan fingerprint density at radius 3 is 2.25 bits per heavy atom. The number of rotatable bonds is 2. The minimum atomic E-state index is 0.250. The van der Waals surface area contributed by atoms with Crippen molar-refractivity contribution in [2.24, 2.45) is 5.92 Å². The van der Waals surface area contributed by atoms with Gasteiger partial charge < -0.3 is 10.4 Å². The summed E-state index contributed by atoms with van der Waals surface area (Å²) in [5.74, 6) is 0.968. The molecular formula is C10H23NO. The molecule has 0 spiro atoms. The Kier molecular flexibility index (Phi) is 7.51. The van der Waals surface area contributed by atoms with E-state index in [-0.39, 0.29) is 6.61 Å². The molecule has 1 saturated carbocycles. The molecule has 2 atom stereocenters. The van der Waals surface area contributed by atoms with Gasteiger partial charge in [0.1, 0.15) is 0 Å². The predicted octanol–water partition coefficient (Wildman–Crippen LogP) is 1.78. The number of hydrogen-bond acceptors (Lipinski definition) is 2. The fourth-order valence-corrected chi connectivity index (χ4v) is 1.91. The zero-order valence-electron chi connectivity index (χ0n) is 8.64. The lowest BCUT2D eigenvalue weighted by Crippen LogP contribution is -2.28. The maximum Gasteiger partial charge on any atom is 0.0402 e. The highest BCUT2D eigenvalue weighted by atomic mass is 16.2. The van der Waals surface area contributed by atoms with Crippen molar-refractivity contribution in [1.82, 2.24) is 5.32 Å². The van der Waals surface area contributed by atoms with E-state index < -0.39 is 0 Å². The second-order valence-electron chi connectivity index (χ2n) is 3.31. The predicted molar refractivity (Wildman–Crippen MR) is 53.2 cm³/mol. The van der Waals surface area contributed by atoms with Crippen LogP contribution in [-0.2, 0) is 0 Å². The Bertz CT molecular complexity index is 85.8. The van der Waals surface area contributed by atoms with Crippen molar-refractivity contribution in [1.29, 1.82) is 0 Å². The molecule has 0 aromatic carbocycles. The molecule has 1 fully saturated rings. The molecule has 0 amide bonds. The first-order valence-corrected chi connectivity index (χ1v) is 5.08. The quantitative estimate of drug-likeness (QED) is 0.667. The molecule has 1 aliphatic carbocycles. The number of aliphatic hydroxyl groups excluding tert-OH is 1. The van der Waals surface area contributed by atoms with Gasteiger partial charge in [-0.05, 0) is 32.7 Å². The average Bonchev–Trinajstić information content (AvgIpc) is 2.52. The van der Waals surface area contributed by atoms with E-state index in [4.69, 9.17) is 5.11 Å². The smallest absolute Gasteiger partial charge is 0.0402 e. The van der Waals surface area contributed by atoms with Crippen LogP contribution in [0.4, 0.5) is 0 Å². The topological polar surface area (TPSA) is 32.3 Å². The standard InChI is InChI=1S/C8H17N.C2H6O/c1-3-7-5-4-6-8(7)9-2;1-2-3/h7-9H,3-6H2,1-2H3;3H,2H2,1H3. The van der Waals surface area contributed by atoms with Gasteiger partial charge >= 0.3 is 0 Å². The fraction of sp³-hybridized carbons (Fsp3) is 1.00. The van der Waals surface area contributed by atoms with E-state index >= 15 is 0 Å². The SMILES string of the molecule is CCC1CCCC1NC.CCO. The third-order valence-corrected chi connectivity index (χ3v) is 2.55. The summed E-state index contributed by atoms with van der Waals surface area (Å²) < 4.78 is 0. The summed E-state index contributed by atoms with van der Waals surface area (Å²) in [6.07, 6.45) is 5.63. The van der Waals surface area contributed by atoms with Crippen molar-refractivity contribution in [3.05, 3.63) is 0 Å². The molecule has 74 valence electrons. The third-order valence-electron chi connectivity index (χ3n) is 2.55. The zero-order valence-corrected chi connectivity index (χ0v) is 8.64. The van der Waals surface area contributed by atoms with Crippen molar-refractivity contribution >= 4 is 0 Å². The maximum absolute atomic E-state index is 7.57. The van der Waals surface area contributed by atoms with E-state index in [1.807, 2.05) is 0 Å². The van der Waals surface area contributed by atoms with Crippen molar-refractivity contribution in [3.63, 3.8) is 0 Å². The summed E-state index contributed by atoms with van der Waals surface area (Å²) in [7, 11) is 2.08. The number of nitrogens with one attached hydrogen (secondary N) is 1. The van der Waals surface area contributed by atoms with Crippen LogP contribution >= 0.6 is 0 Å². The van der Waals surface area contributed by atoms with Gasteiger partial charge in [-0.1, -0.05) is 19.8 Å². The van der Waals surface area contributed by atoms with Crippen molar-refractivity contribution in [3.8, 4) is 0 Å². The highest BCUT2D eigenvalue weighted by Crippen LogP contribution is 2.27. The molecule has 0 heterocycles. The third kappa shape index (κ3) is 4.07. The van der Waals surface area contributed by atoms with Crippen LogP contribution in [0.1, 0.15) is 39.5 Å². The van der Waals surface area contributed by atoms with Gasteiger partial charge in [-0.15, -0.1) is 0 Å². The van der Waals surface area contributed by atoms with Crippen molar-refractivity contribution in [2.75, 3.05) is 13.7 Å². The van der Waals surface area contributed by atoms with Gasteiger partial charge in [-0.3, -0.25) is 0 Å². The molecule has 2 heteroatoms. The Hall–Kier alpha value is -0.0800. The fourth-order valence-electron chi connectivity index (χ4n) is 1.91. The van der Waals surface area contributed by atoms with E-state index in [0.717, 1.165) is 12.0 Å². The highest BCUT2D eigenvalue weighted by Gasteiger charge is 2.23. The summed E-state index contributed by atoms with van der Waals surface area (Å²) in [5.41, 5.74) is 0. The van der Waals surface area contributed by atoms with Crippen LogP contribution in [0.25, 0.3) is 0 Å². The van der Waals surface area contributed by atoms with E-state index in [1.165, 1.54) is 25.7 Å². The molecule has 1 aliphatic rings. The number of aliphatic hydroxyl groups is 1. The molecule has 0 bridgehead atoms. The molecule has 0 radical (unpaired) electrons. The lowest BCUT2D eigenvalue weighted by molar-refractivity contribution is 0.318. The Balaban J connectivity index is 0.000000354. The summed E-state index contributed by atoms with van der Waals surface area (Å²) >= 11 is 0. The van der Waals surface area contributed by atoms with Gasteiger partial charge in [-0.25, -0.2) is 0 Å². The van der Waals surface area contributed by atoms with Crippen LogP contribution in [-0.4, -0.2) is 24.8 Å². The number of hydrogen-bond donors (Lipinski definition) is 2. The first-order valence-electron chi connectivity index (χ1n) is 5.08. The Morgan fingerprint density at radius 1 is 1.33 bits per heavy atom. The van der Waals surface area contributed by atoms with E-state index in [1.54, 1.807) is 6.92 Å². The maximum atomic E-state index is 7.57. The van der Waals surface area contributed by atoms with Gasteiger partial charge in [0.25, 0.3) is 0 Å². The summed E-state index contributed by atoms with van der Waals surface area (Å²) in [6, 6.07) is 0.829. The van der Waals surface area contributed by atoms with Gasteiger partial charge in [0, 0.05) is 12.6 Å². The van der Waals surface area contributed by atoms with Gasteiger partial charge in [0.15, 0.2) is 0 Å². The second-order valence-corrected chi connectivity index (χ2v) is 3.31. The second kappa shape index (κ2) is 7.56. The Labute approximate surface area is 76.4 Å². The van der Waals surface area contributed by atoms with Crippen LogP contribution < -0.4 is 5.32 Å². The van der Waals surface area contributed by atoms with Crippen molar-refractivity contribution < 1.29 is 5.11 Å².